The molecule has 0 aromatic heterocycles. The minimum absolute atomic E-state index is 0.0125. The van der Waals surface area contributed by atoms with Crippen molar-refractivity contribution in [1.29, 1.82) is 0 Å². The Kier molecular flexibility index (Phi) is 3.06. The lowest BCUT2D eigenvalue weighted by Crippen LogP contribution is -2.41. The molecule has 2 nitrogen and oxygen atoms in total. The lowest BCUT2D eigenvalue weighted by Gasteiger charge is -2.38. The van der Waals surface area contributed by atoms with Gasteiger partial charge in [0.15, 0.2) is 0 Å². The van der Waals surface area contributed by atoms with Crippen molar-refractivity contribution in [2.45, 2.75) is 50.5 Å². The zero-order valence-electron chi connectivity index (χ0n) is 12.3. The highest BCUT2D eigenvalue weighted by molar-refractivity contribution is 9.09. The summed E-state index contributed by atoms with van der Waals surface area (Å²) in [4.78, 5) is 12.5. The summed E-state index contributed by atoms with van der Waals surface area (Å²) >= 11 is 3.79. The number of rotatable bonds is 3. The molecule has 0 unspecified atom stereocenters. The molecule has 1 aliphatic carbocycles. The molecule has 1 saturated carbocycles. The van der Waals surface area contributed by atoms with E-state index in [1.54, 1.807) is 0 Å². The number of benzene rings is 1. The summed E-state index contributed by atoms with van der Waals surface area (Å²) in [6.45, 7) is 6.45. The van der Waals surface area contributed by atoms with Gasteiger partial charge in [0, 0.05) is 16.7 Å². The number of fused-ring (bicyclic) bond motifs is 2. The summed E-state index contributed by atoms with van der Waals surface area (Å²) in [6, 6.07) is 10.4. The minimum Gasteiger partial charge on any atom is -0.458 e. The van der Waals surface area contributed by atoms with Crippen LogP contribution < -0.4 is 0 Å². The van der Waals surface area contributed by atoms with E-state index in [0.29, 0.717) is 0 Å². The van der Waals surface area contributed by atoms with Crippen LogP contribution in [0.1, 0.15) is 50.4 Å². The number of alkyl halides is 1. The third-order valence-electron chi connectivity index (χ3n) is 5.96. The average Bonchev–Trinajstić information content (AvgIpc) is 2.69. The van der Waals surface area contributed by atoms with E-state index >= 15 is 0 Å². The molecule has 0 radical (unpaired) electrons. The molecule has 1 aliphatic heterocycles. The van der Waals surface area contributed by atoms with Gasteiger partial charge in [-0.1, -0.05) is 60.1 Å². The molecule has 3 rings (SSSR count). The van der Waals surface area contributed by atoms with Gasteiger partial charge in [0.1, 0.15) is 5.60 Å². The summed E-state index contributed by atoms with van der Waals surface area (Å²) in [6.07, 6.45) is 2.75. The van der Waals surface area contributed by atoms with Gasteiger partial charge in [0.05, 0.1) is 5.41 Å². The van der Waals surface area contributed by atoms with Crippen LogP contribution in [0.2, 0.25) is 0 Å². The maximum Gasteiger partial charge on any atom is 0.313 e. The number of esters is 1. The fourth-order valence-corrected chi connectivity index (χ4v) is 4.70. The molecule has 3 atom stereocenters. The lowest BCUT2D eigenvalue weighted by atomic mass is 9.65. The monoisotopic (exact) mass is 336 g/mol. The van der Waals surface area contributed by atoms with Gasteiger partial charge in [-0.05, 0) is 25.3 Å². The van der Waals surface area contributed by atoms with Crippen molar-refractivity contribution in [1.82, 2.24) is 0 Å². The smallest absolute Gasteiger partial charge is 0.313 e. The van der Waals surface area contributed by atoms with Crippen LogP contribution >= 0.6 is 15.9 Å². The fraction of sp³-hybridized carbons (Fsp3) is 0.588. The second-order valence-corrected chi connectivity index (χ2v) is 8.03. The van der Waals surface area contributed by atoms with E-state index < -0.39 is 0 Å². The number of hydrogen-bond acceptors (Lipinski definition) is 2. The highest BCUT2D eigenvalue weighted by atomic mass is 79.9. The Hall–Kier alpha value is -0.830. The first-order valence-corrected chi connectivity index (χ1v) is 8.16. The summed E-state index contributed by atoms with van der Waals surface area (Å²) < 4.78 is 5.89. The van der Waals surface area contributed by atoms with Crippen LogP contribution in [0.4, 0.5) is 0 Å². The first-order valence-electron chi connectivity index (χ1n) is 7.25. The van der Waals surface area contributed by atoms with Gasteiger partial charge in [-0.3, -0.25) is 4.79 Å². The lowest BCUT2D eigenvalue weighted by molar-refractivity contribution is -0.160. The van der Waals surface area contributed by atoms with Crippen molar-refractivity contribution in [2.75, 3.05) is 0 Å². The van der Waals surface area contributed by atoms with Crippen LogP contribution in [-0.2, 0) is 9.53 Å². The van der Waals surface area contributed by atoms with Gasteiger partial charge in [-0.25, -0.2) is 0 Å². The zero-order valence-corrected chi connectivity index (χ0v) is 13.9. The standard InChI is InChI=1S/C17H21BrO2/c1-15(2)16(3)9-10-17(15,20-14(16)19)11-13(18)12-7-5-4-6-8-12/h4-8,13H,9-11H2,1-3H3/t13-,16+,17+/m0/s1. The van der Waals surface area contributed by atoms with E-state index in [9.17, 15) is 4.79 Å². The fourth-order valence-electron chi connectivity index (χ4n) is 3.87. The maximum atomic E-state index is 12.3. The second kappa shape index (κ2) is 4.33. The molecule has 1 heterocycles. The average molecular weight is 337 g/mol. The Morgan fingerprint density at radius 2 is 1.85 bits per heavy atom. The molecule has 0 spiro atoms. The largest absolute Gasteiger partial charge is 0.458 e. The molecular weight excluding hydrogens is 316 g/mol. The summed E-state index contributed by atoms with van der Waals surface area (Å²) in [7, 11) is 0. The van der Waals surface area contributed by atoms with Crippen LogP contribution in [-0.4, -0.2) is 11.6 Å². The Balaban J connectivity index is 1.90. The molecular formula is C17H21BrO2. The predicted molar refractivity (Wildman–Crippen MR) is 82.7 cm³/mol. The Morgan fingerprint density at radius 3 is 2.35 bits per heavy atom. The second-order valence-electron chi connectivity index (χ2n) is 6.92. The molecule has 0 N–H and O–H groups in total. The van der Waals surface area contributed by atoms with Gasteiger partial charge in [0.25, 0.3) is 0 Å². The predicted octanol–water partition coefficient (Wildman–Crippen LogP) is 4.63. The van der Waals surface area contributed by atoms with Crippen molar-refractivity contribution in [3.8, 4) is 0 Å². The molecule has 2 bridgehead atoms. The molecule has 2 fully saturated rings. The SMILES string of the molecule is CC1(C)[C@]2(C[C@H](Br)c3ccccc3)CC[C@]1(C)C(=O)O2. The quantitative estimate of drug-likeness (QED) is 0.594. The van der Waals surface area contributed by atoms with E-state index in [0.717, 1.165) is 19.3 Å². The van der Waals surface area contributed by atoms with E-state index in [2.05, 4.69) is 48.8 Å². The highest BCUT2D eigenvalue weighted by Gasteiger charge is 2.72. The van der Waals surface area contributed by atoms with E-state index in [1.165, 1.54) is 5.56 Å². The van der Waals surface area contributed by atoms with Gasteiger partial charge < -0.3 is 4.74 Å². The Labute approximate surface area is 129 Å². The third-order valence-corrected chi connectivity index (χ3v) is 6.81. The van der Waals surface area contributed by atoms with Gasteiger partial charge >= 0.3 is 5.97 Å². The van der Waals surface area contributed by atoms with Crippen LogP contribution in [0.25, 0.3) is 0 Å². The number of ether oxygens (including phenoxy) is 1. The highest BCUT2D eigenvalue weighted by Crippen LogP contribution is 2.67. The molecule has 108 valence electrons. The van der Waals surface area contributed by atoms with Gasteiger partial charge in [-0.15, -0.1) is 0 Å². The van der Waals surface area contributed by atoms with Crippen LogP contribution in [0.5, 0.6) is 0 Å². The third kappa shape index (κ3) is 1.65. The molecule has 2 aliphatic rings. The van der Waals surface area contributed by atoms with Crippen molar-refractivity contribution < 1.29 is 9.53 Å². The van der Waals surface area contributed by atoms with Crippen molar-refractivity contribution in [2.24, 2.45) is 10.8 Å². The number of carbonyl (C=O) groups is 1. The summed E-state index contributed by atoms with van der Waals surface area (Å²) in [5.41, 5.74) is 0.478. The van der Waals surface area contributed by atoms with Gasteiger partial charge in [-0.2, -0.15) is 0 Å². The number of hydrogen-bond donors (Lipinski definition) is 0. The van der Waals surface area contributed by atoms with Gasteiger partial charge in [0.2, 0.25) is 0 Å². The number of halogens is 1. The van der Waals surface area contributed by atoms with E-state index in [-0.39, 0.29) is 27.2 Å². The first-order chi connectivity index (χ1) is 9.32. The molecule has 1 aromatic rings. The summed E-state index contributed by atoms with van der Waals surface area (Å²) in [5, 5.41) is 0. The first kappa shape index (κ1) is 14.1. The minimum atomic E-state index is -0.331. The topological polar surface area (TPSA) is 26.3 Å². The molecule has 3 heteroatoms. The number of carbonyl (C=O) groups excluding carboxylic acids is 1. The van der Waals surface area contributed by atoms with Crippen molar-refractivity contribution >= 4 is 21.9 Å². The van der Waals surface area contributed by atoms with Crippen LogP contribution in [0.15, 0.2) is 30.3 Å². The zero-order chi connectivity index (χ0) is 14.6. The van der Waals surface area contributed by atoms with Crippen LogP contribution in [0, 0.1) is 10.8 Å². The maximum absolute atomic E-state index is 12.3. The van der Waals surface area contributed by atoms with Crippen molar-refractivity contribution in [3.05, 3.63) is 35.9 Å². The normalized spacial score (nSPS) is 35.9. The van der Waals surface area contributed by atoms with E-state index in [4.69, 9.17) is 4.74 Å². The molecule has 1 saturated heterocycles. The van der Waals surface area contributed by atoms with E-state index in [1.807, 2.05) is 18.2 Å². The molecule has 20 heavy (non-hydrogen) atoms. The summed E-state index contributed by atoms with van der Waals surface area (Å²) in [5.74, 6) is -0.0125. The Bertz CT molecular complexity index is 539. The Morgan fingerprint density at radius 1 is 1.20 bits per heavy atom. The molecule has 0 amide bonds. The van der Waals surface area contributed by atoms with Crippen LogP contribution in [0.3, 0.4) is 0 Å². The molecule has 1 aromatic carbocycles. The van der Waals surface area contributed by atoms with Crippen molar-refractivity contribution in [3.63, 3.8) is 0 Å².